The average molecular weight is 425 g/mol. The highest BCUT2D eigenvalue weighted by atomic mass is 35.5. The number of hydrogen-bond donors (Lipinski definition) is 0. The Morgan fingerprint density at radius 2 is 1.82 bits per heavy atom. The molecule has 0 spiro atoms. The molecular weight excluding hydrogens is 404 g/mol. The fourth-order valence-corrected chi connectivity index (χ4v) is 4.97. The van der Waals surface area contributed by atoms with Gasteiger partial charge in [0.25, 0.3) is 5.91 Å². The van der Waals surface area contributed by atoms with Crippen molar-refractivity contribution in [2.45, 2.75) is 24.2 Å². The average Bonchev–Trinajstić information content (AvgIpc) is 2.73. The number of ether oxygens (including phenoxy) is 1. The first-order valence-corrected chi connectivity index (χ1v) is 10.6. The van der Waals surface area contributed by atoms with Gasteiger partial charge in [0, 0.05) is 25.7 Å². The number of aromatic nitrogens is 2. The Bertz CT molecular complexity index is 960. The largest absolute Gasteiger partial charge is 0.494 e. The number of hydrogen-bond acceptors (Lipinski definition) is 6. The van der Waals surface area contributed by atoms with E-state index in [1.165, 1.54) is 54.0 Å². The summed E-state index contributed by atoms with van der Waals surface area (Å²) in [5, 5.41) is 0.0884. The molecule has 0 bridgehead atoms. The molecule has 28 heavy (non-hydrogen) atoms. The summed E-state index contributed by atoms with van der Waals surface area (Å²) in [6.45, 7) is 0.910. The van der Waals surface area contributed by atoms with E-state index < -0.39 is 15.9 Å². The Balaban J connectivity index is 1.90. The fourth-order valence-electron chi connectivity index (χ4n) is 2.95. The number of piperidine rings is 1. The molecule has 3 rings (SSSR count). The van der Waals surface area contributed by atoms with Crippen molar-refractivity contribution < 1.29 is 17.9 Å². The van der Waals surface area contributed by atoms with E-state index in [-0.39, 0.29) is 21.4 Å². The number of amides is 1. The molecule has 0 N–H and O–H groups in total. The van der Waals surface area contributed by atoms with E-state index in [1.807, 2.05) is 0 Å². The molecule has 8 nitrogen and oxygen atoms in total. The third-order valence-electron chi connectivity index (χ3n) is 4.57. The Morgan fingerprint density at radius 1 is 1.18 bits per heavy atom. The Hall–Kier alpha value is -2.23. The predicted molar refractivity (Wildman–Crippen MR) is 105 cm³/mol. The molecule has 1 aromatic heterocycles. The van der Waals surface area contributed by atoms with Crippen molar-refractivity contribution in [1.82, 2.24) is 14.3 Å². The van der Waals surface area contributed by atoms with E-state index in [0.29, 0.717) is 18.8 Å². The molecule has 150 valence electrons. The molecule has 0 radical (unpaired) electrons. The van der Waals surface area contributed by atoms with E-state index in [0.717, 1.165) is 19.3 Å². The number of carbonyl (C=O) groups is 1. The number of nitrogens with zero attached hydrogens (tertiary/aromatic N) is 4. The zero-order valence-corrected chi connectivity index (χ0v) is 17.2. The second-order valence-electron chi connectivity index (χ2n) is 6.40. The highest BCUT2D eigenvalue weighted by Gasteiger charge is 2.29. The van der Waals surface area contributed by atoms with Gasteiger partial charge in [-0.15, -0.1) is 0 Å². The minimum atomic E-state index is -3.77. The summed E-state index contributed by atoms with van der Waals surface area (Å²) in [6, 6.07) is 4.23. The molecule has 1 amide bonds. The van der Waals surface area contributed by atoms with Gasteiger partial charge in [-0.05, 0) is 31.0 Å². The highest BCUT2D eigenvalue weighted by Crippen LogP contribution is 2.28. The van der Waals surface area contributed by atoms with Crippen LogP contribution in [-0.4, -0.2) is 55.8 Å². The summed E-state index contributed by atoms with van der Waals surface area (Å²) in [5.74, 6) is 0.184. The standard InChI is InChI=1S/C18H21ClN4O4S/c1-22(18-20-11-14(27-2)12-21-18)17(24)13-6-7-15(19)16(10-13)28(25,26)23-8-4-3-5-9-23/h6-7,10-12H,3-5,8-9H2,1-2H3. The lowest BCUT2D eigenvalue weighted by molar-refractivity contribution is 0.0991. The lowest BCUT2D eigenvalue weighted by Gasteiger charge is -2.26. The first kappa shape index (κ1) is 20.5. The van der Waals surface area contributed by atoms with Crippen molar-refractivity contribution in [3.63, 3.8) is 0 Å². The molecule has 1 aliphatic heterocycles. The SMILES string of the molecule is COc1cnc(N(C)C(=O)c2ccc(Cl)c(S(=O)(=O)N3CCCCC3)c2)nc1. The van der Waals surface area contributed by atoms with Crippen LogP contribution in [0, 0.1) is 0 Å². The first-order valence-electron chi connectivity index (χ1n) is 8.78. The van der Waals surface area contributed by atoms with Crippen molar-refractivity contribution in [2.75, 3.05) is 32.1 Å². The van der Waals surface area contributed by atoms with Crippen LogP contribution in [0.5, 0.6) is 5.75 Å². The smallest absolute Gasteiger partial charge is 0.260 e. The van der Waals surface area contributed by atoms with Crippen molar-refractivity contribution in [1.29, 1.82) is 0 Å². The van der Waals surface area contributed by atoms with Crippen LogP contribution in [0.2, 0.25) is 5.02 Å². The van der Waals surface area contributed by atoms with Gasteiger partial charge < -0.3 is 4.74 Å². The van der Waals surface area contributed by atoms with Crippen molar-refractivity contribution >= 4 is 33.5 Å². The van der Waals surface area contributed by atoms with E-state index in [9.17, 15) is 13.2 Å². The Labute approximate surface area is 169 Å². The number of benzene rings is 1. The van der Waals surface area contributed by atoms with Gasteiger partial charge in [0.2, 0.25) is 16.0 Å². The van der Waals surface area contributed by atoms with Crippen molar-refractivity contribution in [2.24, 2.45) is 0 Å². The molecule has 2 aromatic rings. The third-order valence-corrected chi connectivity index (χ3v) is 6.95. The van der Waals surface area contributed by atoms with Gasteiger partial charge in [0.05, 0.1) is 24.5 Å². The molecule has 0 saturated carbocycles. The second-order valence-corrected chi connectivity index (χ2v) is 8.71. The molecule has 2 heterocycles. The Kier molecular flexibility index (Phi) is 6.17. The number of rotatable bonds is 5. The lowest BCUT2D eigenvalue weighted by Crippen LogP contribution is -2.36. The van der Waals surface area contributed by atoms with Gasteiger partial charge in [-0.1, -0.05) is 18.0 Å². The monoisotopic (exact) mass is 424 g/mol. The fraction of sp³-hybridized carbons (Fsp3) is 0.389. The van der Waals surface area contributed by atoms with Crippen molar-refractivity contribution in [3.05, 3.63) is 41.2 Å². The molecule has 1 saturated heterocycles. The maximum atomic E-state index is 13.0. The van der Waals surface area contributed by atoms with Crippen LogP contribution < -0.4 is 9.64 Å². The molecule has 1 aromatic carbocycles. The number of sulfonamides is 1. The van der Waals surface area contributed by atoms with Gasteiger partial charge in [0.1, 0.15) is 4.90 Å². The number of carbonyl (C=O) groups excluding carboxylic acids is 1. The maximum absolute atomic E-state index is 13.0. The zero-order valence-electron chi connectivity index (χ0n) is 15.6. The molecule has 10 heteroatoms. The third kappa shape index (κ3) is 4.11. The van der Waals surface area contributed by atoms with Crippen LogP contribution in [-0.2, 0) is 10.0 Å². The lowest BCUT2D eigenvalue weighted by atomic mass is 10.2. The highest BCUT2D eigenvalue weighted by molar-refractivity contribution is 7.89. The first-order chi connectivity index (χ1) is 13.3. The maximum Gasteiger partial charge on any atom is 0.260 e. The topological polar surface area (TPSA) is 92.7 Å². The molecule has 0 unspecified atom stereocenters. The van der Waals surface area contributed by atoms with Crippen LogP contribution >= 0.6 is 11.6 Å². The van der Waals surface area contributed by atoms with Gasteiger partial charge in [-0.2, -0.15) is 4.31 Å². The summed E-state index contributed by atoms with van der Waals surface area (Å²) in [5.41, 5.74) is 0.182. The zero-order chi connectivity index (χ0) is 20.3. The van der Waals surface area contributed by atoms with E-state index >= 15 is 0 Å². The van der Waals surface area contributed by atoms with Crippen molar-refractivity contribution in [3.8, 4) is 5.75 Å². The van der Waals surface area contributed by atoms with Gasteiger partial charge >= 0.3 is 0 Å². The Morgan fingerprint density at radius 3 is 2.43 bits per heavy atom. The number of anilines is 1. The minimum absolute atomic E-state index is 0.0639. The summed E-state index contributed by atoms with van der Waals surface area (Å²) in [4.78, 5) is 22.2. The minimum Gasteiger partial charge on any atom is -0.494 e. The molecular formula is C18H21ClN4O4S. The molecule has 0 aliphatic carbocycles. The van der Waals surface area contributed by atoms with E-state index in [1.54, 1.807) is 0 Å². The number of methoxy groups -OCH3 is 1. The summed E-state index contributed by atoms with van der Waals surface area (Å²) in [6.07, 6.45) is 5.52. The molecule has 1 aliphatic rings. The van der Waals surface area contributed by atoms with Crippen LogP contribution in [0.4, 0.5) is 5.95 Å². The van der Waals surface area contributed by atoms with Gasteiger partial charge in [0.15, 0.2) is 5.75 Å². The number of halogens is 1. The van der Waals surface area contributed by atoms with Crippen LogP contribution in [0.1, 0.15) is 29.6 Å². The van der Waals surface area contributed by atoms with Crippen LogP contribution in [0.3, 0.4) is 0 Å². The summed E-state index contributed by atoms with van der Waals surface area (Å²) < 4.78 is 32.4. The molecule has 1 fully saturated rings. The predicted octanol–water partition coefficient (Wildman–Crippen LogP) is 2.59. The van der Waals surface area contributed by atoms with Gasteiger partial charge in [-0.25, -0.2) is 18.4 Å². The van der Waals surface area contributed by atoms with E-state index in [2.05, 4.69) is 9.97 Å². The second kappa shape index (κ2) is 8.42. The van der Waals surface area contributed by atoms with E-state index in [4.69, 9.17) is 16.3 Å². The van der Waals surface area contributed by atoms with Crippen LogP contribution in [0.25, 0.3) is 0 Å². The summed E-state index contributed by atoms with van der Waals surface area (Å²) in [7, 11) is -0.762. The van der Waals surface area contributed by atoms with Gasteiger partial charge in [-0.3, -0.25) is 9.69 Å². The van der Waals surface area contributed by atoms with Crippen LogP contribution in [0.15, 0.2) is 35.5 Å². The molecule has 0 atom stereocenters. The quantitative estimate of drug-likeness (QED) is 0.732. The normalized spacial score (nSPS) is 15.2. The summed E-state index contributed by atoms with van der Waals surface area (Å²) >= 11 is 6.17.